The van der Waals surface area contributed by atoms with Crippen molar-refractivity contribution in [3.63, 3.8) is 0 Å². The normalized spacial score (nSPS) is 11.1. The number of nitrogens with one attached hydrogen (secondary N) is 1. The van der Waals surface area contributed by atoms with E-state index >= 15 is 0 Å². The molecular weight excluding hydrogens is 292 g/mol. The molecule has 0 fully saturated rings. The average Bonchev–Trinajstić information content (AvgIpc) is 2.48. The summed E-state index contributed by atoms with van der Waals surface area (Å²) in [6, 6.07) is 14.1. The fraction of sp³-hybridized carbons (Fsp3) is 0.0667. The molecule has 1 amide bonds. The van der Waals surface area contributed by atoms with E-state index in [9.17, 15) is 9.59 Å². The van der Waals surface area contributed by atoms with E-state index in [1.807, 2.05) is 18.2 Å². The molecule has 2 aromatic carbocycles. The van der Waals surface area contributed by atoms with Crippen LogP contribution in [0.1, 0.15) is 22.0 Å². The maximum atomic E-state index is 12.0. The first-order chi connectivity index (χ1) is 9.58. The minimum Gasteiger partial charge on any atom is -0.478 e. The van der Waals surface area contributed by atoms with E-state index in [-0.39, 0.29) is 23.9 Å². The van der Waals surface area contributed by atoms with Gasteiger partial charge in [0.05, 0.1) is 5.56 Å². The number of carboxylic acid groups (broad SMARTS) is 1. The van der Waals surface area contributed by atoms with Gasteiger partial charge >= 0.3 is 5.97 Å². The Hall–Kier alpha value is -2.37. The van der Waals surface area contributed by atoms with Crippen LogP contribution in [0.2, 0.25) is 0 Å². The van der Waals surface area contributed by atoms with Crippen LogP contribution in [-0.2, 0) is 4.79 Å². The van der Waals surface area contributed by atoms with Crippen LogP contribution >= 0.6 is 12.4 Å². The summed E-state index contributed by atoms with van der Waals surface area (Å²) < 4.78 is 0. The Kier molecular flexibility index (Phi) is 5.90. The molecule has 0 aromatic heterocycles. The number of carbonyl (C=O) groups is 2. The second-order valence-electron chi connectivity index (χ2n) is 4.26. The molecule has 110 valence electrons. The Morgan fingerprint density at radius 1 is 1.00 bits per heavy atom. The standard InChI is InChI=1S/C15H14N2O3.ClH/c16-13(10-4-2-1-3-5-10)14(18)17-12-8-6-11(7-9-12)15(19)20;/h1-9,13H,16H2,(H,17,18)(H,19,20);1H/t13-;/m0./s1. The topological polar surface area (TPSA) is 92.4 Å². The van der Waals surface area contributed by atoms with Crippen molar-refractivity contribution in [2.75, 3.05) is 5.32 Å². The molecule has 0 saturated carbocycles. The largest absolute Gasteiger partial charge is 0.478 e. The van der Waals surface area contributed by atoms with Gasteiger partial charge in [0.2, 0.25) is 5.91 Å². The third-order valence-electron chi connectivity index (χ3n) is 2.84. The quantitative estimate of drug-likeness (QED) is 0.809. The average molecular weight is 307 g/mol. The van der Waals surface area contributed by atoms with Gasteiger partial charge in [0.1, 0.15) is 6.04 Å². The SMILES string of the molecule is Cl.N[C@H](C(=O)Nc1ccc(C(=O)O)cc1)c1ccccc1. The molecule has 5 nitrogen and oxygen atoms in total. The number of hydrogen-bond acceptors (Lipinski definition) is 3. The molecule has 6 heteroatoms. The number of carboxylic acids is 1. The summed E-state index contributed by atoms with van der Waals surface area (Å²) in [4.78, 5) is 22.7. The second-order valence-corrected chi connectivity index (χ2v) is 4.26. The number of hydrogen-bond donors (Lipinski definition) is 3. The van der Waals surface area contributed by atoms with Crippen molar-refractivity contribution < 1.29 is 14.7 Å². The van der Waals surface area contributed by atoms with Gasteiger partial charge in [-0.2, -0.15) is 0 Å². The lowest BCUT2D eigenvalue weighted by atomic mass is 10.1. The highest BCUT2D eigenvalue weighted by molar-refractivity contribution is 5.96. The zero-order valence-electron chi connectivity index (χ0n) is 11.0. The van der Waals surface area contributed by atoms with Gasteiger partial charge < -0.3 is 16.2 Å². The first kappa shape index (κ1) is 16.7. The van der Waals surface area contributed by atoms with Crippen LogP contribution < -0.4 is 11.1 Å². The van der Waals surface area contributed by atoms with E-state index in [0.717, 1.165) is 0 Å². The number of carbonyl (C=O) groups excluding carboxylic acids is 1. The molecule has 2 aromatic rings. The fourth-order valence-electron chi connectivity index (χ4n) is 1.73. The Balaban J connectivity index is 0.00000220. The number of halogens is 1. The summed E-state index contributed by atoms with van der Waals surface area (Å²) in [6.07, 6.45) is 0. The summed E-state index contributed by atoms with van der Waals surface area (Å²) in [5.74, 6) is -1.36. The monoisotopic (exact) mass is 306 g/mol. The smallest absolute Gasteiger partial charge is 0.335 e. The van der Waals surface area contributed by atoms with Crippen molar-refractivity contribution in [2.45, 2.75) is 6.04 Å². The summed E-state index contributed by atoms with van der Waals surface area (Å²) in [5.41, 5.74) is 7.24. The van der Waals surface area contributed by atoms with E-state index in [0.29, 0.717) is 11.3 Å². The van der Waals surface area contributed by atoms with E-state index < -0.39 is 12.0 Å². The molecule has 0 bridgehead atoms. The molecule has 0 heterocycles. The predicted octanol–water partition coefficient (Wildman–Crippen LogP) is 2.45. The summed E-state index contributed by atoms with van der Waals surface area (Å²) in [5, 5.41) is 11.4. The van der Waals surface area contributed by atoms with Crippen LogP contribution in [0.25, 0.3) is 0 Å². The fourth-order valence-corrected chi connectivity index (χ4v) is 1.73. The summed E-state index contributed by atoms with van der Waals surface area (Å²) in [6.45, 7) is 0. The van der Waals surface area contributed by atoms with E-state index in [1.165, 1.54) is 24.3 Å². The molecule has 2 rings (SSSR count). The Bertz CT molecular complexity index is 615. The number of amides is 1. The van der Waals surface area contributed by atoms with E-state index in [1.54, 1.807) is 12.1 Å². The number of nitrogens with two attached hydrogens (primary N) is 1. The highest BCUT2D eigenvalue weighted by Crippen LogP contribution is 2.14. The van der Waals surface area contributed by atoms with Gasteiger partial charge in [-0.25, -0.2) is 4.79 Å². The van der Waals surface area contributed by atoms with E-state index in [4.69, 9.17) is 10.8 Å². The lowest BCUT2D eigenvalue weighted by Gasteiger charge is -2.12. The lowest BCUT2D eigenvalue weighted by Crippen LogP contribution is -2.27. The zero-order chi connectivity index (χ0) is 14.5. The van der Waals surface area contributed by atoms with Crippen molar-refractivity contribution in [2.24, 2.45) is 5.73 Å². The third-order valence-corrected chi connectivity index (χ3v) is 2.84. The first-order valence-electron chi connectivity index (χ1n) is 6.02. The van der Waals surface area contributed by atoms with Gasteiger partial charge in [-0.3, -0.25) is 4.79 Å². The molecule has 0 unspecified atom stereocenters. The summed E-state index contributed by atoms with van der Waals surface area (Å²) in [7, 11) is 0. The van der Waals surface area contributed by atoms with Crippen LogP contribution in [-0.4, -0.2) is 17.0 Å². The van der Waals surface area contributed by atoms with Crippen LogP contribution in [0.5, 0.6) is 0 Å². The van der Waals surface area contributed by atoms with Crippen molar-refractivity contribution in [3.8, 4) is 0 Å². The van der Waals surface area contributed by atoms with E-state index in [2.05, 4.69) is 5.32 Å². The van der Waals surface area contributed by atoms with Crippen LogP contribution in [0.3, 0.4) is 0 Å². The number of benzene rings is 2. The first-order valence-corrected chi connectivity index (χ1v) is 6.02. The predicted molar refractivity (Wildman–Crippen MR) is 82.6 cm³/mol. The summed E-state index contributed by atoms with van der Waals surface area (Å²) >= 11 is 0. The van der Waals surface area contributed by atoms with Crippen molar-refractivity contribution in [1.29, 1.82) is 0 Å². The van der Waals surface area contributed by atoms with Gasteiger partial charge in [0.15, 0.2) is 0 Å². The lowest BCUT2D eigenvalue weighted by molar-refractivity contribution is -0.117. The molecule has 0 radical (unpaired) electrons. The molecule has 0 aliphatic heterocycles. The minimum atomic E-state index is -1.01. The van der Waals surface area contributed by atoms with Crippen molar-refractivity contribution >= 4 is 30.0 Å². The number of anilines is 1. The van der Waals surface area contributed by atoms with Crippen LogP contribution in [0, 0.1) is 0 Å². The molecular formula is C15H15ClN2O3. The maximum absolute atomic E-state index is 12.0. The Morgan fingerprint density at radius 2 is 1.57 bits per heavy atom. The highest BCUT2D eigenvalue weighted by atomic mass is 35.5. The molecule has 0 aliphatic rings. The Morgan fingerprint density at radius 3 is 2.10 bits per heavy atom. The zero-order valence-corrected chi connectivity index (χ0v) is 11.8. The molecule has 1 atom stereocenters. The molecule has 0 aliphatic carbocycles. The van der Waals surface area contributed by atoms with Gasteiger partial charge in [-0.05, 0) is 29.8 Å². The number of aromatic carboxylic acids is 1. The third kappa shape index (κ3) is 4.30. The van der Waals surface area contributed by atoms with Gasteiger partial charge in [0, 0.05) is 5.69 Å². The minimum absolute atomic E-state index is 0. The molecule has 21 heavy (non-hydrogen) atoms. The molecule has 0 saturated heterocycles. The second kappa shape index (κ2) is 7.42. The molecule has 4 N–H and O–H groups in total. The van der Waals surface area contributed by atoms with Crippen LogP contribution in [0.15, 0.2) is 54.6 Å². The maximum Gasteiger partial charge on any atom is 0.335 e. The number of rotatable bonds is 4. The van der Waals surface area contributed by atoms with Gasteiger partial charge in [0.25, 0.3) is 0 Å². The highest BCUT2D eigenvalue weighted by Gasteiger charge is 2.15. The van der Waals surface area contributed by atoms with Gasteiger partial charge in [-0.15, -0.1) is 12.4 Å². The van der Waals surface area contributed by atoms with Gasteiger partial charge in [-0.1, -0.05) is 30.3 Å². The van der Waals surface area contributed by atoms with Crippen LogP contribution in [0.4, 0.5) is 5.69 Å². The molecule has 0 spiro atoms. The van der Waals surface area contributed by atoms with Crippen molar-refractivity contribution in [1.82, 2.24) is 0 Å². The Labute approximate surface area is 128 Å². The van der Waals surface area contributed by atoms with Crippen molar-refractivity contribution in [3.05, 3.63) is 65.7 Å².